The summed E-state index contributed by atoms with van der Waals surface area (Å²) in [6.45, 7) is 7.04. The summed E-state index contributed by atoms with van der Waals surface area (Å²) in [4.78, 5) is 27.1. The summed E-state index contributed by atoms with van der Waals surface area (Å²) in [5.41, 5.74) is 2.49. The fourth-order valence-corrected chi connectivity index (χ4v) is 4.77. The minimum Gasteiger partial charge on any atom is -0.352 e. The molecule has 0 bridgehead atoms. The number of rotatable bonds is 5. The van der Waals surface area contributed by atoms with Gasteiger partial charge in [0.15, 0.2) is 5.65 Å². The SMILES string of the molecule is CC(C)Cc1nc(N2CCN(C(=O)c3ccccc3Br)CC2)c2cnn(-c3ccccc3)c2n1. The molecule has 0 spiro atoms. The number of para-hydroxylation sites is 1. The van der Waals surface area contributed by atoms with Crippen LogP contribution in [0.25, 0.3) is 16.7 Å². The average Bonchev–Trinajstić information content (AvgIpc) is 3.28. The van der Waals surface area contributed by atoms with Crippen LogP contribution >= 0.6 is 15.9 Å². The molecule has 5 rings (SSSR count). The van der Waals surface area contributed by atoms with Gasteiger partial charge in [-0.1, -0.05) is 44.2 Å². The summed E-state index contributed by atoms with van der Waals surface area (Å²) >= 11 is 3.50. The van der Waals surface area contributed by atoms with E-state index in [2.05, 4.69) is 39.8 Å². The highest BCUT2D eigenvalue weighted by Crippen LogP contribution is 2.28. The molecule has 34 heavy (non-hydrogen) atoms. The van der Waals surface area contributed by atoms with Gasteiger partial charge in [0.1, 0.15) is 11.6 Å². The van der Waals surface area contributed by atoms with Gasteiger partial charge in [-0.3, -0.25) is 4.79 Å². The summed E-state index contributed by atoms with van der Waals surface area (Å²) in [6.07, 6.45) is 2.65. The second-order valence-electron chi connectivity index (χ2n) is 8.95. The molecule has 0 saturated carbocycles. The van der Waals surface area contributed by atoms with Crippen molar-refractivity contribution >= 4 is 38.7 Å². The Morgan fingerprint density at radius 1 is 0.971 bits per heavy atom. The highest BCUT2D eigenvalue weighted by atomic mass is 79.9. The van der Waals surface area contributed by atoms with Crippen LogP contribution in [-0.2, 0) is 6.42 Å². The lowest BCUT2D eigenvalue weighted by Crippen LogP contribution is -2.49. The van der Waals surface area contributed by atoms with E-state index >= 15 is 0 Å². The minimum atomic E-state index is 0.0531. The van der Waals surface area contributed by atoms with Gasteiger partial charge in [0.25, 0.3) is 5.91 Å². The first-order valence-electron chi connectivity index (χ1n) is 11.6. The van der Waals surface area contributed by atoms with Gasteiger partial charge in [0.05, 0.1) is 22.8 Å². The van der Waals surface area contributed by atoms with Crippen molar-refractivity contribution in [3.05, 3.63) is 76.7 Å². The number of fused-ring (bicyclic) bond motifs is 1. The number of hydrogen-bond donors (Lipinski definition) is 0. The number of nitrogens with zero attached hydrogens (tertiary/aromatic N) is 6. The first-order valence-corrected chi connectivity index (χ1v) is 12.4. The number of amides is 1. The third kappa shape index (κ3) is 4.42. The third-order valence-corrected chi connectivity index (χ3v) is 6.71. The second kappa shape index (κ2) is 9.54. The molecule has 3 heterocycles. The lowest BCUT2D eigenvalue weighted by atomic mass is 10.1. The summed E-state index contributed by atoms with van der Waals surface area (Å²) in [6, 6.07) is 17.6. The maximum atomic E-state index is 13.1. The van der Waals surface area contributed by atoms with Gasteiger partial charge < -0.3 is 9.80 Å². The van der Waals surface area contributed by atoms with Crippen LogP contribution in [0, 0.1) is 5.92 Å². The monoisotopic (exact) mass is 518 g/mol. The van der Waals surface area contributed by atoms with Crippen molar-refractivity contribution in [2.45, 2.75) is 20.3 Å². The molecular weight excluding hydrogens is 492 g/mol. The molecule has 0 atom stereocenters. The Labute approximate surface area is 207 Å². The highest BCUT2D eigenvalue weighted by Gasteiger charge is 2.26. The van der Waals surface area contributed by atoms with Crippen LogP contribution in [0.2, 0.25) is 0 Å². The van der Waals surface area contributed by atoms with Crippen molar-refractivity contribution in [3.8, 4) is 5.69 Å². The first-order chi connectivity index (χ1) is 16.5. The molecule has 2 aromatic carbocycles. The number of carbonyl (C=O) groups excluding carboxylic acids is 1. The maximum absolute atomic E-state index is 13.1. The van der Waals surface area contributed by atoms with Crippen molar-refractivity contribution in [3.63, 3.8) is 0 Å². The summed E-state index contributed by atoms with van der Waals surface area (Å²) < 4.78 is 2.71. The van der Waals surface area contributed by atoms with E-state index in [1.807, 2.05) is 70.4 Å². The molecule has 0 aliphatic carbocycles. The molecule has 8 heteroatoms. The van der Waals surface area contributed by atoms with E-state index in [0.717, 1.165) is 39.3 Å². The third-order valence-electron chi connectivity index (χ3n) is 6.02. The fourth-order valence-electron chi connectivity index (χ4n) is 4.32. The molecule has 1 fully saturated rings. The zero-order valence-electron chi connectivity index (χ0n) is 19.4. The average molecular weight is 519 g/mol. The molecule has 0 N–H and O–H groups in total. The first kappa shape index (κ1) is 22.5. The molecule has 1 aliphatic rings. The minimum absolute atomic E-state index is 0.0531. The molecule has 174 valence electrons. The van der Waals surface area contributed by atoms with Crippen molar-refractivity contribution in [1.29, 1.82) is 0 Å². The Hall–Kier alpha value is -3.26. The van der Waals surface area contributed by atoms with Gasteiger partial charge in [0.2, 0.25) is 0 Å². The van der Waals surface area contributed by atoms with Crippen LogP contribution in [-0.4, -0.2) is 56.7 Å². The normalized spacial score (nSPS) is 14.2. The largest absolute Gasteiger partial charge is 0.352 e. The van der Waals surface area contributed by atoms with Crippen molar-refractivity contribution in [2.24, 2.45) is 5.92 Å². The number of halogens is 1. The summed E-state index contributed by atoms with van der Waals surface area (Å²) in [7, 11) is 0. The van der Waals surface area contributed by atoms with Crippen LogP contribution in [0.1, 0.15) is 30.0 Å². The number of piperazine rings is 1. The van der Waals surface area contributed by atoms with Crippen LogP contribution in [0.5, 0.6) is 0 Å². The Kier molecular flexibility index (Phi) is 6.32. The molecule has 4 aromatic rings. The van der Waals surface area contributed by atoms with Crippen LogP contribution < -0.4 is 4.90 Å². The van der Waals surface area contributed by atoms with E-state index < -0.39 is 0 Å². The molecule has 0 radical (unpaired) electrons. The van der Waals surface area contributed by atoms with Gasteiger partial charge >= 0.3 is 0 Å². The standard InChI is InChI=1S/C26H27BrN6O/c1-18(2)16-23-29-24(21-17-28-33(25(21)30-23)19-8-4-3-5-9-19)31-12-14-32(15-13-31)26(34)20-10-6-7-11-22(20)27/h3-11,17-18H,12-16H2,1-2H3. The van der Waals surface area contributed by atoms with Crippen LogP contribution in [0.15, 0.2) is 65.3 Å². The fraction of sp³-hybridized carbons (Fsp3) is 0.308. The number of aromatic nitrogens is 4. The predicted octanol–water partition coefficient (Wildman–Crippen LogP) is 4.74. The molecule has 2 aromatic heterocycles. The van der Waals surface area contributed by atoms with Crippen molar-refractivity contribution in [1.82, 2.24) is 24.6 Å². The molecule has 1 aliphatic heterocycles. The van der Waals surface area contributed by atoms with Gasteiger partial charge in [-0.15, -0.1) is 0 Å². The second-order valence-corrected chi connectivity index (χ2v) is 9.80. The van der Waals surface area contributed by atoms with Gasteiger partial charge in [-0.25, -0.2) is 14.6 Å². The van der Waals surface area contributed by atoms with E-state index in [4.69, 9.17) is 9.97 Å². The molecule has 1 amide bonds. The van der Waals surface area contributed by atoms with Gasteiger partial charge in [-0.2, -0.15) is 5.10 Å². The van der Waals surface area contributed by atoms with Gasteiger partial charge in [0, 0.05) is 37.1 Å². The quantitative estimate of drug-likeness (QED) is 0.381. The Morgan fingerprint density at radius 3 is 2.38 bits per heavy atom. The molecule has 7 nitrogen and oxygen atoms in total. The lowest BCUT2D eigenvalue weighted by molar-refractivity contribution is 0.0745. The zero-order chi connectivity index (χ0) is 23.7. The van der Waals surface area contributed by atoms with E-state index in [-0.39, 0.29) is 5.91 Å². The van der Waals surface area contributed by atoms with Crippen molar-refractivity contribution in [2.75, 3.05) is 31.1 Å². The topological polar surface area (TPSA) is 67.2 Å². The molecular formula is C26H27BrN6O. The maximum Gasteiger partial charge on any atom is 0.255 e. The Balaban J connectivity index is 1.45. The summed E-state index contributed by atoms with van der Waals surface area (Å²) in [5, 5.41) is 5.58. The molecule has 1 saturated heterocycles. The number of benzene rings is 2. The Morgan fingerprint density at radius 2 is 1.68 bits per heavy atom. The Bertz CT molecular complexity index is 1310. The van der Waals surface area contributed by atoms with Gasteiger partial charge in [-0.05, 0) is 46.1 Å². The number of carbonyl (C=O) groups is 1. The smallest absolute Gasteiger partial charge is 0.255 e. The number of anilines is 1. The van der Waals surface area contributed by atoms with Crippen LogP contribution in [0.4, 0.5) is 5.82 Å². The number of hydrogen-bond acceptors (Lipinski definition) is 5. The molecule has 0 unspecified atom stereocenters. The lowest BCUT2D eigenvalue weighted by Gasteiger charge is -2.36. The highest BCUT2D eigenvalue weighted by molar-refractivity contribution is 9.10. The van der Waals surface area contributed by atoms with Crippen LogP contribution in [0.3, 0.4) is 0 Å². The predicted molar refractivity (Wildman–Crippen MR) is 137 cm³/mol. The van der Waals surface area contributed by atoms with E-state index in [1.54, 1.807) is 0 Å². The zero-order valence-corrected chi connectivity index (χ0v) is 20.9. The van der Waals surface area contributed by atoms with E-state index in [1.165, 1.54) is 0 Å². The summed E-state index contributed by atoms with van der Waals surface area (Å²) in [5.74, 6) is 2.22. The van der Waals surface area contributed by atoms with E-state index in [0.29, 0.717) is 37.7 Å². The van der Waals surface area contributed by atoms with E-state index in [9.17, 15) is 4.79 Å². The van der Waals surface area contributed by atoms with Crippen molar-refractivity contribution < 1.29 is 4.79 Å².